The van der Waals surface area contributed by atoms with Gasteiger partial charge in [-0.15, -0.1) is 0 Å². The molecule has 0 saturated heterocycles. The molecule has 2 N–H and O–H groups in total. The first kappa shape index (κ1) is 17.9. The van der Waals surface area contributed by atoms with Crippen molar-refractivity contribution in [2.75, 3.05) is 6.54 Å². The third-order valence-corrected chi connectivity index (χ3v) is 5.55. The zero-order valence-corrected chi connectivity index (χ0v) is 17.0. The Hall–Kier alpha value is -3.91. The molecule has 1 aliphatic rings. The Morgan fingerprint density at radius 1 is 1.03 bits per heavy atom. The highest BCUT2D eigenvalue weighted by Gasteiger charge is 2.16. The van der Waals surface area contributed by atoms with Crippen LogP contribution in [0.4, 0.5) is 0 Å². The minimum Gasteiger partial charge on any atom is -0.308 e. The zero-order chi connectivity index (χ0) is 20.8. The molecule has 0 atom stereocenters. The molecule has 6 rings (SSSR count). The van der Waals surface area contributed by atoms with Gasteiger partial charge in [-0.25, -0.2) is 9.67 Å². The first-order valence-corrected chi connectivity index (χ1v) is 10.3. The molecule has 0 amide bonds. The summed E-state index contributed by atoms with van der Waals surface area (Å²) in [6.45, 7) is 4.48. The maximum absolute atomic E-state index is 4.69. The van der Waals surface area contributed by atoms with Crippen molar-refractivity contribution in [3.05, 3.63) is 66.4 Å². The average Bonchev–Trinajstić information content (AvgIpc) is 3.46. The molecular formula is C23H20N8. The van der Waals surface area contributed by atoms with Crippen molar-refractivity contribution in [3.8, 4) is 33.9 Å². The van der Waals surface area contributed by atoms with Crippen LogP contribution in [-0.2, 0) is 13.1 Å². The van der Waals surface area contributed by atoms with Crippen molar-refractivity contribution >= 4 is 10.9 Å². The van der Waals surface area contributed by atoms with E-state index in [0.29, 0.717) is 5.82 Å². The predicted octanol–water partition coefficient (Wildman–Crippen LogP) is 3.36. The van der Waals surface area contributed by atoms with Gasteiger partial charge >= 0.3 is 0 Å². The fourth-order valence-electron chi connectivity index (χ4n) is 3.99. The molecule has 1 aliphatic heterocycles. The van der Waals surface area contributed by atoms with Crippen molar-refractivity contribution in [2.24, 2.45) is 0 Å². The van der Waals surface area contributed by atoms with Crippen LogP contribution in [0.1, 0.15) is 11.5 Å². The van der Waals surface area contributed by atoms with Crippen LogP contribution in [0.2, 0.25) is 0 Å². The third kappa shape index (κ3) is 3.17. The molecule has 0 aliphatic carbocycles. The summed E-state index contributed by atoms with van der Waals surface area (Å²) >= 11 is 0. The fraction of sp³-hybridized carbons (Fsp3) is 0.174. The van der Waals surface area contributed by atoms with E-state index < -0.39 is 0 Å². The highest BCUT2D eigenvalue weighted by atomic mass is 15.4. The van der Waals surface area contributed by atoms with Gasteiger partial charge in [0.25, 0.3) is 0 Å². The van der Waals surface area contributed by atoms with E-state index in [-0.39, 0.29) is 0 Å². The second-order valence-corrected chi connectivity index (χ2v) is 7.69. The SMILES string of the molecule is Cc1cccc(-c2n[nH]cc2-c2ccc3ncc(-c4nc5n(n4)CCNC5)cc3c2)n1. The van der Waals surface area contributed by atoms with Crippen molar-refractivity contribution in [1.29, 1.82) is 0 Å². The molecule has 5 aromatic rings. The van der Waals surface area contributed by atoms with E-state index in [4.69, 9.17) is 0 Å². The molecule has 4 aromatic heterocycles. The number of nitrogens with one attached hydrogen (secondary N) is 2. The van der Waals surface area contributed by atoms with Gasteiger partial charge in [-0.1, -0.05) is 12.1 Å². The maximum atomic E-state index is 4.69. The number of nitrogens with zero attached hydrogens (tertiary/aromatic N) is 6. The lowest BCUT2D eigenvalue weighted by Crippen LogP contribution is -2.28. The Kier molecular flexibility index (Phi) is 4.10. The molecule has 8 nitrogen and oxygen atoms in total. The van der Waals surface area contributed by atoms with Gasteiger partial charge in [0, 0.05) is 41.1 Å². The van der Waals surface area contributed by atoms with E-state index >= 15 is 0 Å². The lowest BCUT2D eigenvalue weighted by Gasteiger charge is -2.11. The van der Waals surface area contributed by atoms with Gasteiger partial charge in [0.2, 0.25) is 0 Å². The average molecular weight is 408 g/mol. The Balaban J connectivity index is 1.42. The molecule has 0 unspecified atom stereocenters. The van der Waals surface area contributed by atoms with E-state index in [0.717, 1.165) is 70.1 Å². The number of aromatic amines is 1. The van der Waals surface area contributed by atoms with Crippen LogP contribution < -0.4 is 5.32 Å². The van der Waals surface area contributed by atoms with E-state index in [1.807, 2.05) is 48.3 Å². The van der Waals surface area contributed by atoms with Crippen LogP contribution in [0.5, 0.6) is 0 Å². The zero-order valence-electron chi connectivity index (χ0n) is 17.0. The van der Waals surface area contributed by atoms with Crippen LogP contribution in [0.15, 0.2) is 54.9 Å². The highest BCUT2D eigenvalue weighted by Crippen LogP contribution is 2.32. The minimum absolute atomic E-state index is 0.714. The van der Waals surface area contributed by atoms with E-state index in [1.165, 1.54) is 0 Å². The topological polar surface area (TPSA) is 97.2 Å². The van der Waals surface area contributed by atoms with E-state index in [9.17, 15) is 0 Å². The summed E-state index contributed by atoms with van der Waals surface area (Å²) in [4.78, 5) is 14.0. The minimum atomic E-state index is 0.714. The summed E-state index contributed by atoms with van der Waals surface area (Å²) < 4.78 is 1.97. The van der Waals surface area contributed by atoms with Crippen LogP contribution in [0.25, 0.3) is 44.8 Å². The Labute approximate surface area is 178 Å². The Morgan fingerprint density at radius 2 is 1.97 bits per heavy atom. The van der Waals surface area contributed by atoms with Crippen molar-refractivity contribution in [1.82, 2.24) is 40.2 Å². The van der Waals surface area contributed by atoms with Crippen molar-refractivity contribution in [2.45, 2.75) is 20.0 Å². The number of benzene rings is 1. The third-order valence-electron chi connectivity index (χ3n) is 5.55. The number of hydrogen-bond acceptors (Lipinski definition) is 6. The molecule has 0 saturated carbocycles. The lowest BCUT2D eigenvalue weighted by atomic mass is 10.0. The summed E-state index contributed by atoms with van der Waals surface area (Å²) in [5.41, 5.74) is 6.56. The van der Waals surface area contributed by atoms with E-state index in [2.05, 4.69) is 53.8 Å². The smallest absolute Gasteiger partial charge is 0.183 e. The quantitative estimate of drug-likeness (QED) is 0.475. The van der Waals surface area contributed by atoms with Crippen molar-refractivity contribution in [3.63, 3.8) is 0 Å². The summed E-state index contributed by atoms with van der Waals surface area (Å²) in [6.07, 6.45) is 3.76. The monoisotopic (exact) mass is 408 g/mol. The van der Waals surface area contributed by atoms with Gasteiger partial charge < -0.3 is 5.32 Å². The number of aryl methyl sites for hydroxylation is 1. The van der Waals surface area contributed by atoms with Gasteiger partial charge in [0.05, 0.1) is 24.3 Å². The van der Waals surface area contributed by atoms with Crippen LogP contribution in [0, 0.1) is 6.92 Å². The second kappa shape index (κ2) is 7.10. The number of rotatable bonds is 3. The first-order valence-electron chi connectivity index (χ1n) is 10.3. The summed E-state index contributed by atoms with van der Waals surface area (Å²) in [5, 5.41) is 16.5. The van der Waals surface area contributed by atoms with Crippen LogP contribution in [0.3, 0.4) is 0 Å². The summed E-state index contributed by atoms with van der Waals surface area (Å²) in [5.74, 6) is 1.68. The Morgan fingerprint density at radius 3 is 2.87 bits per heavy atom. The van der Waals surface area contributed by atoms with Crippen LogP contribution in [-0.4, -0.2) is 41.5 Å². The van der Waals surface area contributed by atoms with Gasteiger partial charge in [-0.3, -0.25) is 15.1 Å². The summed E-state index contributed by atoms with van der Waals surface area (Å²) in [7, 11) is 0. The number of hydrogen-bond donors (Lipinski definition) is 2. The number of aromatic nitrogens is 7. The largest absolute Gasteiger partial charge is 0.308 e. The molecule has 0 spiro atoms. The fourth-order valence-corrected chi connectivity index (χ4v) is 3.99. The predicted molar refractivity (Wildman–Crippen MR) is 118 cm³/mol. The lowest BCUT2D eigenvalue weighted by molar-refractivity contribution is 0.469. The number of H-pyrrole nitrogens is 1. The first-order chi connectivity index (χ1) is 15.2. The van der Waals surface area contributed by atoms with Gasteiger partial charge in [0.15, 0.2) is 5.82 Å². The number of fused-ring (bicyclic) bond motifs is 2. The molecule has 1 aromatic carbocycles. The highest BCUT2D eigenvalue weighted by molar-refractivity contribution is 5.89. The molecule has 8 heteroatoms. The molecular weight excluding hydrogens is 388 g/mol. The van der Waals surface area contributed by atoms with Gasteiger partial charge in [0.1, 0.15) is 11.5 Å². The van der Waals surface area contributed by atoms with Crippen molar-refractivity contribution < 1.29 is 0 Å². The Bertz CT molecular complexity index is 1390. The number of pyridine rings is 2. The maximum Gasteiger partial charge on any atom is 0.183 e. The van der Waals surface area contributed by atoms with Crippen LogP contribution >= 0.6 is 0 Å². The van der Waals surface area contributed by atoms with E-state index in [1.54, 1.807) is 0 Å². The molecule has 5 heterocycles. The standard InChI is InChI=1S/C23H20N8/c1-14-3-2-4-20(27-14)22-18(12-26-29-22)15-5-6-19-16(9-15)10-17(11-25-19)23-28-21-13-24-7-8-31(21)30-23/h2-6,9-12,24H,7-8,13H2,1H3,(H,26,29). The normalized spacial score (nSPS) is 13.5. The van der Waals surface area contributed by atoms with Gasteiger partial charge in [-0.05, 0) is 42.8 Å². The molecule has 31 heavy (non-hydrogen) atoms. The molecule has 0 bridgehead atoms. The molecule has 0 fully saturated rings. The molecule has 152 valence electrons. The molecule has 0 radical (unpaired) electrons. The second-order valence-electron chi connectivity index (χ2n) is 7.69. The van der Waals surface area contributed by atoms with Gasteiger partial charge in [-0.2, -0.15) is 10.2 Å². The summed E-state index contributed by atoms with van der Waals surface area (Å²) in [6, 6.07) is 14.3.